The molecule has 0 atom stereocenters. The standard InChI is InChI=1S/C32H27ClN2O5/c1-18-9-10-20(3)27(13-18)35-31(37)24(30(36)34-32(35)38)14-21-15-26(33)29(28(16-21)39-4)40-17-25-19(2)11-12-22-7-5-6-8-23(22)25/h5-16H,17H2,1-4H3,(H,34,36,38)/b24-14+. The fourth-order valence-electron chi connectivity index (χ4n) is 4.75. The van der Waals surface area contributed by atoms with Crippen LogP contribution in [0, 0.1) is 20.8 Å². The van der Waals surface area contributed by atoms with E-state index >= 15 is 0 Å². The van der Waals surface area contributed by atoms with Gasteiger partial charge in [-0.25, -0.2) is 9.69 Å². The van der Waals surface area contributed by atoms with E-state index in [4.69, 9.17) is 21.1 Å². The predicted octanol–water partition coefficient (Wildman–Crippen LogP) is 6.67. The van der Waals surface area contributed by atoms with E-state index in [0.717, 1.165) is 37.9 Å². The second-order valence-corrected chi connectivity index (χ2v) is 10.1. The molecular weight excluding hydrogens is 528 g/mol. The third-order valence-electron chi connectivity index (χ3n) is 6.91. The van der Waals surface area contributed by atoms with Crippen molar-refractivity contribution in [1.29, 1.82) is 0 Å². The first kappa shape index (κ1) is 27.0. The number of urea groups is 1. The van der Waals surface area contributed by atoms with E-state index < -0.39 is 17.8 Å². The van der Waals surface area contributed by atoms with Crippen LogP contribution in [0.15, 0.2) is 72.3 Å². The SMILES string of the molecule is COc1cc(/C=C2\C(=O)NC(=O)N(c3cc(C)ccc3C)C2=O)cc(Cl)c1OCc1c(C)ccc2ccccc12. The number of carbonyl (C=O) groups excluding carboxylic acids is 3. The largest absolute Gasteiger partial charge is 0.493 e. The van der Waals surface area contributed by atoms with E-state index in [1.54, 1.807) is 25.1 Å². The zero-order valence-electron chi connectivity index (χ0n) is 22.5. The van der Waals surface area contributed by atoms with E-state index in [9.17, 15) is 14.4 Å². The Hall–Kier alpha value is -4.62. The molecule has 4 aromatic rings. The summed E-state index contributed by atoms with van der Waals surface area (Å²) in [4.78, 5) is 39.8. The lowest BCUT2D eigenvalue weighted by Gasteiger charge is -2.27. The first-order chi connectivity index (χ1) is 19.2. The average molecular weight is 555 g/mol. The summed E-state index contributed by atoms with van der Waals surface area (Å²) in [5.41, 5.74) is 4.33. The number of amides is 4. The first-order valence-electron chi connectivity index (χ1n) is 12.6. The van der Waals surface area contributed by atoms with E-state index in [1.807, 2.05) is 56.3 Å². The number of aryl methyl sites for hydroxylation is 3. The first-order valence-corrected chi connectivity index (χ1v) is 13.0. The van der Waals surface area contributed by atoms with Gasteiger partial charge in [0.15, 0.2) is 11.5 Å². The Bertz CT molecular complexity index is 1730. The number of nitrogens with one attached hydrogen (secondary N) is 1. The molecule has 40 heavy (non-hydrogen) atoms. The lowest BCUT2D eigenvalue weighted by Crippen LogP contribution is -2.54. The monoisotopic (exact) mass is 554 g/mol. The Morgan fingerprint density at radius 1 is 0.925 bits per heavy atom. The minimum atomic E-state index is -0.802. The van der Waals surface area contributed by atoms with Crippen LogP contribution in [0.1, 0.15) is 27.8 Å². The molecule has 0 aromatic heterocycles. The highest BCUT2D eigenvalue weighted by Crippen LogP contribution is 2.38. The summed E-state index contributed by atoms with van der Waals surface area (Å²) in [7, 11) is 1.48. The number of imide groups is 2. The summed E-state index contributed by atoms with van der Waals surface area (Å²) in [6.45, 7) is 5.93. The van der Waals surface area contributed by atoms with Crippen molar-refractivity contribution in [3.63, 3.8) is 0 Å². The molecule has 202 valence electrons. The number of methoxy groups -OCH3 is 1. The molecule has 5 rings (SSSR count). The highest BCUT2D eigenvalue weighted by Gasteiger charge is 2.37. The van der Waals surface area contributed by atoms with Gasteiger partial charge < -0.3 is 9.47 Å². The summed E-state index contributed by atoms with van der Waals surface area (Å²) in [5, 5.41) is 4.70. The van der Waals surface area contributed by atoms with Crippen LogP contribution in [-0.4, -0.2) is 25.0 Å². The van der Waals surface area contributed by atoms with Gasteiger partial charge in [-0.05, 0) is 78.1 Å². The number of nitrogens with zero attached hydrogens (tertiary/aromatic N) is 1. The van der Waals surface area contributed by atoms with Crippen molar-refractivity contribution in [3.8, 4) is 11.5 Å². The number of barbiturate groups is 1. The fourth-order valence-corrected chi connectivity index (χ4v) is 5.02. The molecule has 7 nitrogen and oxygen atoms in total. The molecule has 0 spiro atoms. The van der Waals surface area contributed by atoms with Crippen molar-refractivity contribution in [1.82, 2.24) is 5.32 Å². The van der Waals surface area contributed by atoms with Gasteiger partial charge in [-0.15, -0.1) is 0 Å². The lowest BCUT2D eigenvalue weighted by molar-refractivity contribution is -0.122. The van der Waals surface area contributed by atoms with Gasteiger partial charge >= 0.3 is 6.03 Å². The second-order valence-electron chi connectivity index (χ2n) is 9.65. The molecule has 1 N–H and O–H groups in total. The number of hydrogen-bond donors (Lipinski definition) is 1. The number of hydrogen-bond acceptors (Lipinski definition) is 5. The van der Waals surface area contributed by atoms with E-state index in [2.05, 4.69) is 11.4 Å². The van der Waals surface area contributed by atoms with Crippen molar-refractivity contribution in [3.05, 3.63) is 105 Å². The Labute approximate surface area is 237 Å². The van der Waals surface area contributed by atoms with E-state index in [0.29, 0.717) is 22.7 Å². The van der Waals surface area contributed by atoms with Gasteiger partial charge in [-0.1, -0.05) is 60.1 Å². The summed E-state index contributed by atoms with van der Waals surface area (Å²) in [6.07, 6.45) is 1.38. The van der Waals surface area contributed by atoms with Gasteiger partial charge in [0.05, 0.1) is 17.8 Å². The van der Waals surface area contributed by atoms with Gasteiger partial charge in [0, 0.05) is 5.56 Å². The number of anilines is 1. The third-order valence-corrected chi connectivity index (χ3v) is 7.19. The molecule has 4 amide bonds. The normalized spacial score (nSPS) is 14.6. The number of halogens is 1. The van der Waals surface area contributed by atoms with Gasteiger partial charge in [0.25, 0.3) is 11.8 Å². The number of rotatable bonds is 6. The molecule has 0 bridgehead atoms. The molecule has 1 heterocycles. The van der Waals surface area contributed by atoms with Crippen LogP contribution in [0.2, 0.25) is 5.02 Å². The smallest absolute Gasteiger partial charge is 0.335 e. The van der Waals surface area contributed by atoms with Gasteiger partial charge in [0.1, 0.15) is 12.2 Å². The van der Waals surface area contributed by atoms with Gasteiger partial charge in [0.2, 0.25) is 0 Å². The molecular formula is C32H27ClN2O5. The summed E-state index contributed by atoms with van der Waals surface area (Å²) in [6, 6.07) is 20.0. The fraction of sp³-hybridized carbons (Fsp3) is 0.156. The van der Waals surface area contributed by atoms with Crippen LogP contribution in [-0.2, 0) is 16.2 Å². The molecule has 1 aliphatic rings. The Morgan fingerprint density at radius 2 is 1.68 bits per heavy atom. The Kier molecular flexibility index (Phi) is 7.32. The minimum Gasteiger partial charge on any atom is -0.493 e. The van der Waals surface area contributed by atoms with Crippen LogP contribution >= 0.6 is 11.6 Å². The Balaban J connectivity index is 1.47. The van der Waals surface area contributed by atoms with Gasteiger partial charge in [-0.2, -0.15) is 0 Å². The van der Waals surface area contributed by atoms with Crippen molar-refractivity contribution in [2.75, 3.05) is 12.0 Å². The molecule has 0 unspecified atom stereocenters. The van der Waals surface area contributed by atoms with Crippen LogP contribution in [0.5, 0.6) is 11.5 Å². The topological polar surface area (TPSA) is 84.9 Å². The number of fused-ring (bicyclic) bond motifs is 1. The number of carbonyl (C=O) groups is 3. The van der Waals surface area contributed by atoms with Crippen LogP contribution in [0.3, 0.4) is 0 Å². The maximum atomic E-state index is 13.4. The van der Waals surface area contributed by atoms with Crippen LogP contribution < -0.4 is 19.7 Å². The molecule has 1 saturated heterocycles. The Morgan fingerprint density at radius 3 is 2.45 bits per heavy atom. The quantitative estimate of drug-likeness (QED) is 0.212. The summed E-state index contributed by atoms with van der Waals surface area (Å²) in [5.74, 6) is -0.851. The maximum absolute atomic E-state index is 13.4. The molecule has 1 aliphatic heterocycles. The molecule has 8 heteroatoms. The minimum absolute atomic E-state index is 0.210. The molecule has 0 radical (unpaired) electrons. The van der Waals surface area contributed by atoms with Crippen molar-refractivity contribution >= 4 is 52.0 Å². The van der Waals surface area contributed by atoms with E-state index in [-0.39, 0.29) is 17.2 Å². The lowest BCUT2D eigenvalue weighted by atomic mass is 10.0. The van der Waals surface area contributed by atoms with Crippen molar-refractivity contribution in [2.45, 2.75) is 27.4 Å². The highest BCUT2D eigenvalue weighted by molar-refractivity contribution is 6.39. The zero-order chi connectivity index (χ0) is 28.6. The van der Waals surface area contributed by atoms with Crippen molar-refractivity contribution < 1.29 is 23.9 Å². The predicted molar refractivity (Wildman–Crippen MR) is 156 cm³/mol. The van der Waals surface area contributed by atoms with Crippen LogP contribution in [0.4, 0.5) is 10.5 Å². The molecule has 4 aromatic carbocycles. The van der Waals surface area contributed by atoms with E-state index in [1.165, 1.54) is 13.2 Å². The summed E-state index contributed by atoms with van der Waals surface area (Å²) >= 11 is 6.63. The second kappa shape index (κ2) is 10.9. The zero-order valence-corrected chi connectivity index (χ0v) is 23.3. The molecule has 0 aliphatic carbocycles. The molecule has 1 fully saturated rings. The number of benzene rings is 4. The maximum Gasteiger partial charge on any atom is 0.335 e. The van der Waals surface area contributed by atoms with Crippen LogP contribution in [0.25, 0.3) is 16.8 Å². The number of ether oxygens (including phenoxy) is 2. The van der Waals surface area contributed by atoms with Crippen molar-refractivity contribution in [2.24, 2.45) is 0 Å². The van der Waals surface area contributed by atoms with Gasteiger partial charge in [-0.3, -0.25) is 14.9 Å². The average Bonchev–Trinajstić information content (AvgIpc) is 2.92. The molecule has 0 saturated carbocycles. The highest BCUT2D eigenvalue weighted by atomic mass is 35.5. The summed E-state index contributed by atoms with van der Waals surface area (Å²) < 4.78 is 11.7. The third kappa shape index (κ3) is 5.03.